The number of fused-ring (bicyclic) bond motifs is 2. The first-order chi connectivity index (χ1) is 36.2. The number of rotatable bonds is 8. The minimum atomic E-state index is -1.04. The van der Waals surface area contributed by atoms with Crippen molar-refractivity contribution in [3.63, 3.8) is 0 Å². The van der Waals surface area contributed by atoms with Gasteiger partial charge in [0, 0.05) is 17.1 Å². The lowest BCUT2D eigenvalue weighted by molar-refractivity contribution is 1.28. The maximum atomic E-state index is 9.82. The van der Waals surface area contributed by atoms with Gasteiger partial charge in [0.2, 0.25) is 0 Å². The quantitative estimate of drug-likeness (QED) is 0.150. The third-order valence-corrected chi connectivity index (χ3v) is 9.61. The van der Waals surface area contributed by atoms with Gasteiger partial charge in [-0.2, -0.15) is 0 Å². The van der Waals surface area contributed by atoms with Gasteiger partial charge in [0.1, 0.15) is 0 Å². The topological polar surface area (TPSA) is 3.24 Å². The number of anilines is 3. The highest BCUT2D eigenvalue weighted by Gasteiger charge is 2.17. The Balaban J connectivity index is 1.30. The lowest BCUT2D eigenvalue weighted by Crippen LogP contribution is -2.09. The fraction of sp³-hybridized carbons (Fsp3) is 0. The van der Waals surface area contributed by atoms with Crippen LogP contribution in [0.1, 0.15) is 26.0 Å². The molecule has 57 heavy (non-hydrogen) atoms. The average Bonchev–Trinajstić information content (AvgIpc) is 3.50. The van der Waals surface area contributed by atoms with Gasteiger partial charge >= 0.3 is 0 Å². The van der Waals surface area contributed by atoms with E-state index in [1.807, 2.05) is 60.7 Å². The molecule has 10 rings (SSSR count). The van der Waals surface area contributed by atoms with E-state index in [0.717, 1.165) is 11.1 Å². The molecule has 0 aliphatic heterocycles. The van der Waals surface area contributed by atoms with Gasteiger partial charge in [0.15, 0.2) is 0 Å². The Labute approximate surface area is 361 Å². The van der Waals surface area contributed by atoms with Gasteiger partial charge in [-0.3, -0.25) is 0 Å². The fourth-order valence-electron chi connectivity index (χ4n) is 6.84. The molecular weight excluding hydrogens is 687 g/mol. The van der Waals surface area contributed by atoms with Crippen molar-refractivity contribution in [3.8, 4) is 55.6 Å². The second-order valence-electron chi connectivity index (χ2n) is 13.0. The molecule has 0 aliphatic rings. The zero-order chi connectivity index (χ0) is 54.5. The van der Waals surface area contributed by atoms with Crippen molar-refractivity contribution in [3.05, 3.63) is 236 Å². The lowest BCUT2D eigenvalue weighted by atomic mass is 9.89. The van der Waals surface area contributed by atoms with Crippen molar-refractivity contribution in [2.45, 2.75) is 0 Å². The van der Waals surface area contributed by atoms with E-state index in [1.165, 1.54) is 0 Å². The van der Waals surface area contributed by atoms with Crippen molar-refractivity contribution in [2.24, 2.45) is 0 Å². The third-order valence-electron chi connectivity index (χ3n) is 9.61. The lowest BCUT2D eigenvalue weighted by Gasteiger charge is -2.26. The molecule has 268 valence electrons. The van der Waals surface area contributed by atoms with Crippen LogP contribution in [0.15, 0.2) is 236 Å². The predicted molar refractivity (Wildman–Crippen MR) is 243 cm³/mol. The molecule has 0 saturated carbocycles. The molecule has 0 saturated heterocycles. The molecule has 0 fully saturated rings. The second-order valence-corrected chi connectivity index (χ2v) is 13.0. The van der Waals surface area contributed by atoms with Gasteiger partial charge in [0.25, 0.3) is 0 Å². The van der Waals surface area contributed by atoms with Gasteiger partial charge < -0.3 is 4.90 Å². The number of nitrogens with zero attached hydrogens (tertiary/aromatic N) is 1. The molecule has 0 bridgehead atoms. The van der Waals surface area contributed by atoms with E-state index >= 15 is 0 Å². The molecule has 1 nitrogen and oxygen atoms in total. The van der Waals surface area contributed by atoms with Gasteiger partial charge in [-0.1, -0.05) is 200 Å². The monoisotopic (exact) mass is 744 g/mol. The molecule has 0 amide bonds. The van der Waals surface area contributed by atoms with E-state index in [9.17, 15) is 16.4 Å². The molecule has 0 aliphatic carbocycles. The SMILES string of the molecule is [2H]c1c([2H])c(N(c2c([2H])c([2H])c(-c3c(-c4ccccc4)ccc4ccccc34)c([2H])c2[2H])c2c([2H])c([2H])c(-c3c([2H])c([2H])c([2H])c4c([2H])c([2H])c([2H])c([2H])c34)c([2H])c2[2H])c([2H])c([2H])c1-c1ccc(-c2ccccc2)cc1. The van der Waals surface area contributed by atoms with Crippen LogP contribution in [0.4, 0.5) is 17.1 Å². The van der Waals surface area contributed by atoms with E-state index in [-0.39, 0.29) is 16.7 Å². The Hall–Kier alpha value is -7.48. The standard InChI is InChI=1S/C56H39N/c1-3-12-40(13-4-1)41-22-24-42(25-23-41)43-26-33-49(34-27-43)57(50-35-28-47(29-36-50)53-21-11-18-44-16-7-9-19-52(44)53)51-37-30-48(31-38-51)56-54-20-10-8-17-46(54)32-39-55(56)45-14-5-2-6-15-45/h1-39H/i7D,9D,11D,16D,18D,19D,21D,26D,27D,28D,29D,30D,31D,33D,34D,35D,36D,37D,38D. The Bertz CT molecular complexity index is 3990. The fourth-order valence-corrected chi connectivity index (χ4v) is 6.84. The molecule has 0 aromatic heterocycles. The highest BCUT2D eigenvalue weighted by atomic mass is 15.1. The second kappa shape index (κ2) is 15.0. The summed E-state index contributed by atoms with van der Waals surface area (Å²) < 4.78 is 176. The van der Waals surface area contributed by atoms with Crippen molar-refractivity contribution >= 4 is 38.6 Å². The molecule has 1 heteroatoms. The zero-order valence-corrected chi connectivity index (χ0v) is 30.0. The molecule has 0 N–H and O–H groups in total. The highest BCUT2D eigenvalue weighted by Crippen LogP contribution is 2.42. The Morgan fingerprint density at radius 3 is 1.46 bits per heavy atom. The van der Waals surface area contributed by atoms with E-state index in [4.69, 9.17) is 9.60 Å². The molecule has 10 aromatic carbocycles. The van der Waals surface area contributed by atoms with Crippen LogP contribution in [0, 0.1) is 0 Å². The number of hydrogen-bond donors (Lipinski definition) is 0. The summed E-state index contributed by atoms with van der Waals surface area (Å²) in [5, 5.41) is 0.217. The summed E-state index contributed by atoms with van der Waals surface area (Å²) in [7, 11) is 0. The van der Waals surface area contributed by atoms with E-state index < -0.39 is 154 Å². The smallest absolute Gasteiger partial charge is 0.0645 e. The number of hydrogen-bond acceptors (Lipinski definition) is 1. The minimum absolute atomic E-state index is 0.165. The maximum absolute atomic E-state index is 9.82. The number of benzene rings is 10. The summed E-state index contributed by atoms with van der Waals surface area (Å²) in [6.45, 7) is 0. The van der Waals surface area contributed by atoms with Gasteiger partial charge in [-0.05, 0) is 113 Å². The normalized spacial score (nSPS) is 15.8. The Morgan fingerprint density at radius 2 is 0.789 bits per heavy atom. The van der Waals surface area contributed by atoms with Crippen LogP contribution in [0.5, 0.6) is 0 Å². The van der Waals surface area contributed by atoms with Gasteiger partial charge in [0.05, 0.1) is 26.0 Å². The average molecular weight is 745 g/mol. The van der Waals surface area contributed by atoms with Gasteiger partial charge in [-0.15, -0.1) is 0 Å². The van der Waals surface area contributed by atoms with Crippen LogP contribution < -0.4 is 4.90 Å². The first-order valence-corrected chi connectivity index (χ1v) is 18.1. The Morgan fingerprint density at radius 1 is 0.281 bits per heavy atom. The van der Waals surface area contributed by atoms with Crippen molar-refractivity contribution in [1.29, 1.82) is 0 Å². The van der Waals surface area contributed by atoms with Gasteiger partial charge in [-0.25, -0.2) is 0 Å². The minimum Gasteiger partial charge on any atom is -0.311 e. The first-order valence-electron chi connectivity index (χ1n) is 27.6. The van der Waals surface area contributed by atoms with Crippen LogP contribution in [0.2, 0.25) is 0 Å². The van der Waals surface area contributed by atoms with Crippen LogP contribution in [0.3, 0.4) is 0 Å². The van der Waals surface area contributed by atoms with Crippen molar-refractivity contribution < 1.29 is 26.0 Å². The van der Waals surface area contributed by atoms with Crippen LogP contribution in [-0.4, -0.2) is 0 Å². The van der Waals surface area contributed by atoms with Crippen LogP contribution in [-0.2, 0) is 0 Å². The van der Waals surface area contributed by atoms with E-state index in [1.54, 1.807) is 60.7 Å². The molecule has 0 atom stereocenters. The van der Waals surface area contributed by atoms with E-state index in [0.29, 0.717) is 32.4 Å². The Kier molecular flexibility index (Phi) is 5.10. The molecule has 0 unspecified atom stereocenters. The van der Waals surface area contributed by atoms with Crippen molar-refractivity contribution in [1.82, 2.24) is 0 Å². The molecule has 0 heterocycles. The molecule has 0 radical (unpaired) electrons. The third kappa shape index (κ3) is 6.66. The molecule has 0 spiro atoms. The predicted octanol–water partition coefficient (Wildman–Crippen LogP) is 15.8. The maximum Gasteiger partial charge on any atom is 0.0645 e. The molecular formula is C56H39N. The summed E-state index contributed by atoms with van der Waals surface area (Å²) in [6.07, 6.45) is 0. The summed E-state index contributed by atoms with van der Waals surface area (Å²) in [6, 6.07) is 20.4. The summed E-state index contributed by atoms with van der Waals surface area (Å²) in [5.41, 5.74) is -0.640. The summed E-state index contributed by atoms with van der Waals surface area (Å²) in [5.74, 6) is 0. The zero-order valence-electron chi connectivity index (χ0n) is 49.0. The van der Waals surface area contributed by atoms with Crippen LogP contribution in [0.25, 0.3) is 77.2 Å². The highest BCUT2D eigenvalue weighted by molar-refractivity contribution is 6.04. The molecule has 10 aromatic rings. The first kappa shape index (κ1) is 19.4. The van der Waals surface area contributed by atoms with E-state index in [2.05, 4.69) is 0 Å². The summed E-state index contributed by atoms with van der Waals surface area (Å²) in [4.78, 5) is 0.661. The van der Waals surface area contributed by atoms with Crippen LogP contribution >= 0.6 is 0 Å². The summed E-state index contributed by atoms with van der Waals surface area (Å²) >= 11 is 0. The largest absolute Gasteiger partial charge is 0.311 e. The van der Waals surface area contributed by atoms with Crippen molar-refractivity contribution in [2.75, 3.05) is 4.90 Å².